The highest BCUT2D eigenvalue weighted by Crippen LogP contribution is 2.11. The first-order valence-electron chi connectivity index (χ1n) is 4.49. The van der Waals surface area contributed by atoms with E-state index in [1.54, 1.807) is 14.0 Å². The van der Waals surface area contributed by atoms with Gasteiger partial charge in [0.2, 0.25) is 0 Å². The van der Waals surface area contributed by atoms with E-state index in [2.05, 4.69) is 15.3 Å². The Kier molecular flexibility index (Phi) is 4.71. The van der Waals surface area contributed by atoms with Gasteiger partial charge in [-0.05, 0) is 6.92 Å². The third-order valence-corrected chi connectivity index (χ3v) is 2.08. The van der Waals surface area contributed by atoms with Gasteiger partial charge >= 0.3 is 0 Å². The van der Waals surface area contributed by atoms with Crippen LogP contribution in [0.2, 0.25) is 0 Å². The van der Waals surface area contributed by atoms with Gasteiger partial charge in [-0.1, -0.05) is 0 Å². The number of methoxy groups -OCH3 is 1. The summed E-state index contributed by atoms with van der Waals surface area (Å²) in [5.41, 5.74) is 0.311. The zero-order chi connectivity index (χ0) is 11.3. The smallest absolute Gasteiger partial charge is 0.186 e. The molecule has 1 unspecified atom stereocenters. The molecule has 1 aromatic rings. The number of hydrogen-bond donors (Lipinski definition) is 1. The molecule has 1 N–H and O–H groups in total. The van der Waals surface area contributed by atoms with Crippen molar-refractivity contribution in [3.8, 4) is 0 Å². The van der Waals surface area contributed by atoms with E-state index in [0.29, 0.717) is 18.8 Å². The molecule has 84 valence electrons. The van der Waals surface area contributed by atoms with Crippen molar-refractivity contribution in [1.82, 2.24) is 9.97 Å². The molecule has 0 aromatic carbocycles. The highest BCUT2D eigenvalue weighted by Gasteiger charge is 2.09. The van der Waals surface area contributed by atoms with Crippen LogP contribution in [-0.2, 0) is 4.74 Å². The summed E-state index contributed by atoms with van der Waals surface area (Å²) in [4.78, 5) is 7.49. The van der Waals surface area contributed by atoms with Crippen molar-refractivity contribution >= 4 is 17.4 Å². The average molecular weight is 234 g/mol. The molecule has 6 heteroatoms. The Morgan fingerprint density at radius 3 is 3.00 bits per heavy atom. The number of nitrogens with zero attached hydrogens (tertiary/aromatic N) is 2. The van der Waals surface area contributed by atoms with Crippen molar-refractivity contribution in [1.29, 1.82) is 0 Å². The average Bonchev–Trinajstić information content (AvgIpc) is 2.21. The van der Waals surface area contributed by atoms with Crippen LogP contribution in [0, 0.1) is 12.7 Å². The lowest BCUT2D eigenvalue weighted by atomic mass is 10.4. The maximum atomic E-state index is 13.4. The van der Waals surface area contributed by atoms with E-state index < -0.39 is 5.82 Å². The van der Waals surface area contributed by atoms with Gasteiger partial charge in [-0.15, -0.1) is 11.6 Å². The van der Waals surface area contributed by atoms with E-state index in [1.165, 1.54) is 6.33 Å². The van der Waals surface area contributed by atoms with E-state index in [9.17, 15) is 4.39 Å². The Morgan fingerprint density at radius 2 is 2.33 bits per heavy atom. The second kappa shape index (κ2) is 5.82. The lowest BCUT2D eigenvalue weighted by Crippen LogP contribution is -2.20. The number of anilines is 1. The summed E-state index contributed by atoms with van der Waals surface area (Å²) in [5.74, 6) is -0.275. The van der Waals surface area contributed by atoms with Crippen molar-refractivity contribution < 1.29 is 9.13 Å². The molecule has 0 saturated heterocycles. The minimum absolute atomic E-state index is 0.171. The second-order valence-corrected chi connectivity index (χ2v) is 3.67. The number of hydrogen-bond acceptors (Lipinski definition) is 4. The maximum absolute atomic E-state index is 13.4. The normalized spacial score (nSPS) is 12.5. The van der Waals surface area contributed by atoms with Gasteiger partial charge in [-0.25, -0.2) is 14.4 Å². The molecule has 4 nitrogen and oxygen atoms in total. The second-order valence-electron chi connectivity index (χ2n) is 3.06. The fourth-order valence-electron chi connectivity index (χ4n) is 1.03. The Bertz CT molecular complexity index is 324. The molecule has 1 heterocycles. The van der Waals surface area contributed by atoms with Gasteiger partial charge in [0, 0.05) is 13.7 Å². The van der Waals surface area contributed by atoms with Crippen molar-refractivity contribution in [3.63, 3.8) is 0 Å². The highest BCUT2D eigenvalue weighted by atomic mass is 35.5. The van der Waals surface area contributed by atoms with E-state index >= 15 is 0 Å². The Labute approximate surface area is 92.8 Å². The first kappa shape index (κ1) is 12.1. The molecule has 0 fully saturated rings. The predicted molar refractivity (Wildman–Crippen MR) is 56.7 cm³/mol. The topological polar surface area (TPSA) is 47.0 Å². The summed E-state index contributed by atoms with van der Waals surface area (Å²) in [6.07, 6.45) is 1.31. The number of nitrogens with one attached hydrogen (secondary N) is 1. The molecule has 15 heavy (non-hydrogen) atoms. The van der Waals surface area contributed by atoms with Crippen LogP contribution in [0.4, 0.5) is 10.2 Å². The number of aryl methyl sites for hydroxylation is 1. The summed E-state index contributed by atoms with van der Waals surface area (Å²) in [6.45, 7) is 2.37. The molecule has 1 atom stereocenters. The molecule has 0 aliphatic heterocycles. The molecule has 0 amide bonds. The number of ether oxygens (including phenoxy) is 1. The quantitative estimate of drug-likeness (QED) is 0.785. The SMILES string of the molecule is COCC(Cl)CNc1ncnc(C)c1F. The van der Waals surface area contributed by atoms with Gasteiger partial charge in [-0.2, -0.15) is 0 Å². The van der Waals surface area contributed by atoms with Crippen LogP contribution < -0.4 is 5.32 Å². The van der Waals surface area contributed by atoms with Crippen LogP contribution in [-0.4, -0.2) is 35.6 Å². The summed E-state index contributed by atoms with van der Waals surface area (Å²) in [6, 6.07) is 0. The van der Waals surface area contributed by atoms with Gasteiger partial charge in [-0.3, -0.25) is 0 Å². The van der Waals surface area contributed by atoms with Gasteiger partial charge in [0.25, 0.3) is 0 Å². The number of alkyl halides is 1. The van der Waals surface area contributed by atoms with Crippen molar-refractivity contribution in [2.75, 3.05) is 25.6 Å². The Balaban J connectivity index is 2.54. The fraction of sp³-hybridized carbons (Fsp3) is 0.556. The molecular formula is C9H13ClFN3O. The van der Waals surface area contributed by atoms with Gasteiger partial charge < -0.3 is 10.1 Å². The van der Waals surface area contributed by atoms with Crippen molar-refractivity contribution in [2.24, 2.45) is 0 Å². The van der Waals surface area contributed by atoms with Gasteiger partial charge in [0.1, 0.15) is 6.33 Å². The first-order chi connectivity index (χ1) is 7.15. The minimum Gasteiger partial charge on any atom is -0.383 e. The van der Waals surface area contributed by atoms with E-state index in [1.807, 2.05) is 0 Å². The maximum Gasteiger partial charge on any atom is 0.186 e. The lowest BCUT2D eigenvalue weighted by Gasteiger charge is -2.10. The third-order valence-electron chi connectivity index (χ3n) is 1.80. The van der Waals surface area contributed by atoms with Crippen LogP contribution in [0.15, 0.2) is 6.33 Å². The van der Waals surface area contributed by atoms with Crippen LogP contribution >= 0.6 is 11.6 Å². The zero-order valence-electron chi connectivity index (χ0n) is 8.63. The lowest BCUT2D eigenvalue weighted by molar-refractivity contribution is 0.200. The van der Waals surface area contributed by atoms with Gasteiger partial charge in [0.05, 0.1) is 17.7 Å². The predicted octanol–water partition coefficient (Wildman–Crippen LogP) is 1.59. The molecule has 1 aromatic heterocycles. The summed E-state index contributed by atoms with van der Waals surface area (Å²) < 4.78 is 18.2. The first-order valence-corrected chi connectivity index (χ1v) is 4.92. The summed E-state index contributed by atoms with van der Waals surface area (Å²) >= 11 is 5.87. The van der Waals surface area contributed by atoms with Crippen molar-refractivity contribution in [3.05, 3.63) is 17.8 Å². The molecule has 0 bridgehead atoms. The molecule has 0 aliphatic rings. The zero-order valence-corrected chi connectivity index (χ0v) is 9.38. The van der Waals surface area contributed by atoms with Crippen LogP contribution in [0.1, 0.15) is 5.69 Å². The molecule has 1 rings (SSSR count). The molecule has 0 aliphatic carbocycles. The van der Waals surface area contributed by atoms with Crippen LogP contribution in [0.5, 0.6) is 0 Å². The van der Waals surface area contributed by atoms with E-state index in [0.717, 1.165) is 0 Å². The van der Waals surface area contributed by atoms with E-state index in [-0.39, 0.29) is 11.2 Å². The minimum atomic E-state index is -0.446. The monoisotopic (exact) mass is 233 g/mol. The Hall–Kier alpha value is -0.940. The third kappa shape index (κ3) is 3.60. The van der Waals surface area contributed by atoms with E-state index in [4.69, 9.17) is 16.3 Å². The largest absolute Gasteiger partial charge is 0.383 e. The van der Waals surface area contributed by atoms with Gasteiger partial charge in [0.15, 0.2) is 11.6 Å². The van der Waals surface area contributed by atoms with Crippen LogP contribution in [0.25, 0.3) is 0 Å². The standard InChI is InChI=1S/C9H13ClFN3O/c1-6-8(11)9(14-5-13-6)12-3-7(10)4-15-2/h5,7H,3-4H2,1-2H3,(H,12,13,14). The fourth-order valence-corrected chi connectivity index (χ4v) is 1.23. The highest BCUT2D eigenvalue weighted by molar-refractivity contribution is 6.21. The number of rotatable bonds is 5. The summed E-state index contributed by atoms with van der Waals surface area (Å²) in [5, 5.41) is 2.58. The number of aromatic nitrogens is 2. The van der Waals surface area contributed by atoms with Crippen molar-refractivity contribution in [2.45, 2.75) is 12.3 Å². The molecule has 0 spiro atoms. The summed E-state index contributed by atoms with van der Waals surface area (Å²) in [7, 11) is 1.56. The Morgan fingerprint density at radius 1 is 1.60 bits per heavy atom. The number of halogens is 2. The molecule has 0 radical (unpaired) electrons. The molecule has 0 saturated carbocycles. The molecular weight excluding hydrogens is 221 g/mol. The van der Waals surface area contributed by atoms with Crippen LogP contribution in [0.3, 0.4) is 0 Å².